The summed E-state index contributed by atoms with van der Waals surface area (Å²) in [6, 6.07) is 7.18. The molecular weight excluding hydrogens is 142 g/mol. The molecule has 1 atom stereocenters. The van der Waals surface area contributed by atoms with Gasteiger partial charge in [-0.3, -0.25) is 0 Å². The third-order valence-corrected chi connectivity index (χ3v) is 1.80. The van der Waals surface area contributed by atoms with Gasteiger partial charge in [0.25, 0.3) is 0 Å². The summed E-state index contributed by atoms with van der Waals surface area (Å²) in [6.07, 6.45) is 0. The number of hydrogen-bond acceptors (Lipinski definition) is 3. The summed E-state index contributed by atoms with van der Waals surface area (Å²) in [5.74, 6) is 0.789. The number of nitroso groups, excluding NO2 is 1. The maximum Gasteiger partial charge on any atom is 0.154 e. The van der Waals surface area contributed by atoms with Crippen molar-refractivity contribution < 1.29 is 4.74 Å². The van der Waals surface area contributed by atoms with E-state index in [2.05, 4.69) is 5.18 Å². The van der Waals surface area contributed by atoms with Crippen molar-refractivity contribution in [3.05, 3.63) is 34.7 Å². The van der Waals surface area contributed by atoms with Gasteiger partial charge in [-0.25, -0.2) is 0 Å². The number of benzene rings is 1. The first-order chi connectivity index (χ1) is 5.42. The Morgan fingerprint density at radius 2 is 2.27 bits per heavy atom. The van der Waals surface area contributed by atoms with Crippen molar-refractivity contribution in [1.29, 1.82) is 0 Å². The fourth-order valence-corrected chi connectivity index (χ4v) is 1.23. The number of rotatable bonds is 1. The van der Waals surface area contributed by atoms with Crippen molar-refractivity contribution in [2.75, 3.05) is 6.61 Å². The Kier molecular flexibility index (Phi) is 1.35. The molecule has 0 radical (unpaired) electrons. The van der Waals surface area contributed by atoms with Crippen LogP contribution in [0.25, 0.3) is 0 Å². The minimum absolute atomic E-state index is 0.300. The molecule has 11 heavy (non-hydrogen) atoms. The van der Waals surface area contributed by atoms with E-state index in [1.165, 1.54) is 0 Å². The highest BCUT2D eigenvalue weighted by atomic mass is 16.5. The summed E-state index contributed by atoms with van der Waals surface area (Å²) in [4.78, 5) is 10.2. The lowest BCUT2D eigenvalue weighted by Crippen LogP contribution is -1.94. The number of nitrogens with zero attached hydrogens (tertiary/aromatic N) is 1. The van der Waals surface area contributed by atoms with Gasteiger partial charge < -0.3 is 4.74 Å². The summed E-state index contributed by atoms with van der Waals surface area (Å²) in [6.45, 7) is 0.392. The SMILES string of the molecule is O=NC1COc2ccccc21. The highest BCUT2D eigenvalue weighted by Gasteiger charge is 2.23. The predicted octanol–water partition coefficient (Wildman–Crippen LogP) is 1.89. The van der Waals surface area contributed by atoms with E-state index in [0.29, 0.717) is 6.61 Å². The highest BCUT2D eigenvalue weighted by molar-refractivity contribution is 5.39. The van der Waals surface area contributed by atoms with Crippen LogP contribution in [0.4, 0.5) is 0 Å². The lowest BCUT2D eigenvalue weighted by molar-refractivity contribution is 0.333. The minimum Gasteiger partial charge on any atom is -0.490 e. The molecule has 3 nitrogen and oxygen atoms in total. The van der Waals surface area contributed by atoms with Crippen LogP contribution in [0.5, 0.6) is 5.75 Å². The average Bonchev–Trinajstić information content (AvgIpc) is 2.47. The Balaban J connectivity index is 2.46. The van der Waals surface area contributed by atoms with Gasteiger partial charge in [-0.05, 0) is 6.07 Å². The molecule has 0 saturated heterocycles. The van der Waals surface area contributed by atoms with Gasteiger partial charge >= 0.3 is 0 Å². The van der Waals surface area contributed by atoms with Crippen molar-refractivity contribution in [2.24, 2.45) is 5.18 Å². The second-order valence-corrected chi connectivity index (χ2v) is 2.47. The smallest absolute Gasteiger partial charge is 0.154 e. The van der Waals surface area contributed by atoms with Crippen LogP contribution >= 0.6 is 0 Å². The molecule has 1 aromatic rings. The maximum atomic E-state index is 10.2. The quantitative estimate of drug-likeness (QED) is 0.572. The first-order valence-electron chi connectivity index (χ1n) is 3.46. The molecule has 1 heterocycles. The molecule has 1 aliphatic rings. The Bertz CT molecular complexity index is 285. The summed E-state index contributed by atoms with van der Waals surface area (Å²) in [5.41, 5.74) is 0.905. The molecule has 3 heteroatoms. The minimum atomic E-state index is -0.300. The van der Waals surface area contributed by atoms with Crippen molar-refractivity contribution in [3.8, 4) is 5.75 Å². The Morgan fingerprint density at radius 1 is 1.45 bits per heavy atom. The third kappa shape index (κ3) is 0.888. The van der Waals surface area contributed by atoms with Crippen LogP contribution in [-0.4, -0.2) is 6.61 Å². The van der Waals surface area contributed by atoms with Crippen LogP contribution in [0.2, 0.25) is 0 Å². The van der Waals surface area contributed by atoms with Crippen LogP contribution in [-0.2, 0) is 0 Å². The fraction of sp³-hybridized carbons (Fsp3) is 0.250. The second kappa shape index (κ2) is 2.34. The van der Waals surface area contributed by atoms with Crippen LogP contribution in [0.1, 0.15) is 11.6 Å². The summed E-state index contributed by atoms with van der Waals surface area (Å²) in [5, 5.41) is 2.95. The molecule has 1 aliphatic heterocycles. The number of para-hydroxylation sites is 1. The van der Waals surface area contributed by atoms with Crippen LogP contribution in [0, 0.1) is 4.91 Å². The molecule has 1 aromatic carbocycles. The Hall–Kier alpha value is -1.38. The first kappa shape index (κ1) is 6.34. The molecule has 0 amide bonds. The third-order valence-electron chi connectivity index (χ3n) is 1.80. The van der Waals surface area contributed by atoms with E-state index in [0.717, 1.165) is 11.3 Å². The molecule has 0 saturated carbocycles. The summed E-state index contributed by atoms with van der Waals surface area (Å²) < 4.78 is 5.21. The topological polar surface area (TPSA) is 38.7 Å². The van der Waals surface area contributed by atoms with Crippen molar-refractivity contribution in [3.63, 3.8) is 0 Å². The molecule has 2 rings (SSSR count). The molecule has 0 aromatic heterocycles. The Labute approximate surface area is 64.0 Å². The van der Waals surface area contributed by atoms with Gasteiger partial charge in [-0.1, -0.05) is 23.4 Å². The zero-order valence-corrected chi connectivity index (χ0v) is 5.86. The maximum absolute atomic E-state index is 10.2. The van der Waals surface area contributed by atoms with Gasteiger partial charge in [-0.2, -0.15) is 4.91 Å². The molecule has 0 bridgehead atoms. The van der Waals surface area contributed by atoms with E-state index >= 15 is 0 Å². The standard InChI is InChI=1S/C8H7NO2/c10-9-7-5-11-8-4-2-1-3-6(7)8/h1-4,7H,5H2. The summed E-state index contributed by atoms with van der Waals surface area (Å²) in [7, 11) is 0. The first-order valence-corrected chi connectivity index (χ1v) is 3.46. The van der Waals surface area contributed by atoms with Gasteiger partial charge in [0.15, 0.2) is 6.04 Å². The van der Waals surface area contributed by atoms with E-state index in [1.807, 2.05) is 24.3 Å². The fourth-order valence-electron chi connectivity index (χ4n) is 1.23. The van der Waals surface area contributed by atoms with E-state index in [1.54, 1.807) is 0 Å². The van der Waals surface area contributed by atoms with Crippen molar-refractivity contribution in [2.45, 2.75) is 6.04 Å². The number of fused-ring (bicyclic) bond motifs is 1. The van der Waals surface area contributed by atoms with E-state index in [9.17, 15) is 4.91 Å². The zero-order valence-electron chi connectivity index (χ0n) is 5.86. The molecular formula is C8H7NO2. The van der Waals surface area contributed by atoms with Gasteiger partial charge in [-0.15, -0.1) is 0 Å². The molecule has 1 unspecified atom stereocenters. The monoisotopic (exact) mass is 149 g/mol. The van der Waals surface area contributed by atoms with Crippen molar-refractivity contribution in [1.82, 2.24) is 0 Å². The number of hydrogen-bond donors (Lipinski definition) is 0. The van der Waals surface area contributed by atoms with Gasteiger partial charge in [0.2, 0.25) is 0 Å². The lowest BCUT2D eigenvalue weighted by atomic mass is 10.1. The van der Waals surface area contributed by atoms with Gasteiger partial charge in [0.1, 0.15) is 12.4 Å². The van der Waals surface area contributed by atoms with Crippen LogP contribution in [0.3, 0.4) is 0 Å². The average molecular weight is 149 g/mol. The van der Waals surface area contributed by atoms with Crippen LogP contribution in [0.15, 0.2) is 29.4 Å². The number of ether oxygens (including phenoxy) is 1. The molecule has 0 fully saturated rings. The highest BCUT2D eigenvalue weighted by Crippen LogP contribution is 2.33. The zero-order chi connectivity index (χ0) is 7.68. The molecule has 56 valence electrons. The Morgan fingerprint density at radius 3 is 3.09 bits per heavy atom. The lowest BCUT2D eigenvalue weighted by Gasteiger charge is -1.94. The van der Waals surface area contributed by atoms with Gasteiger partial charge in [0.05, 0.1) is 0 Å². The second-order valence-electron chi connectivity index (χ2n) is 2.47. The van der Waals surface area contributed by atoms with E-state index in [-0.39, 0.29) is 6.04 Å². The van der Waals surface area contributed by atoms with Crippen LogP contribution < -0.4 is 4.74 Å². The predicted molar refractivity (Wildman–Crippen MR) is 40.5 cm³/mol. The normalized spacial score (nSPS) is 20.5. The van der Waals surface area contributed by atoms with E-state index < -0.39 is 0 Å². The van der Waals surface area contributed by atoms with Gasteiger partial charge in [0, 0.05) is 5.56 Å². The molecule has 0 N–H and O–H groups in total. The summed E-state index contributed by atoms with van der Waals surface area (Å²) >= 11 is 0. The molecule has 0 aliphatic carbocycles. The molecule has 0 spiro atoms. The van der Waals surface area contributed by atoms with E-state index in [4.69, 9.17) is 4.74 Å². The largest absolute Gasteiger partial charge is 0.490 e. The van der Waals surface area contributed by atoms with Crippen molar-refractivity contribution >= 4 is 0 Å².